The summed E-state index contributed by atoms with van der Waals surface area (Å²) in [5.41, 5.74) is -0.520. The van der Waals surface area contributed by atoms with E-state index in [1.165, 1.54) is 6.92 Å². The number of rotatable bonds is 1. The molecule has 0 aliphatic carbocycles. The smallest absolute Gasteiger partial charge is 0.297 e. The van der Waals surface area contributed by atoms with Gasteiger partial charge < -0.3 is 0 Å². The Labute approximate surface area is 65.4 Å². The standard InChI is InChI=1S/C6H11O4P/c1-4-5(2)10-11(8,9-4)6(3)7/h4-5H,1-3H3. The zero-order valence-corrected chi connectivity index (χ0v) is 7.63. The molecule has 4 nitrogen and oxygen atoms in total. The second-order valence-electron chi connectivity index (χ2n) is 2.64. The van der Waals surface area contributed by atoms with E-state index in [2.05, 4.69) is 0 Å². The Balaban J connectivity index is 2.80. The summed E-state index contributed by atoms with van der Waals surface area (Å²) in [6.45, 7) is 4.67. The maximum absolute atomic E-state index is 11.3. The van der Waals surface area contributed by atoms with Gasteiger partial charge in [0.25, 0.3) is 0 Å². The predicted octanol–water partition coefficient (Wildman–Crippen LogP) is 1.55. The predicted molar refractivity (Wildman–Crippen MR) is 39.4 cm³/mol. The van der Waals surface area contributed by atoms with Crippen LogP contribution in [0.2, 0.25) is 0 Å². The molecule has 5 heteroatoms. The van der Waals surface area contributed by atoms with Gasteiger partial charge in [0.2, 0.25) is 5.52 Å². The van der Waals surface area contributed by atoms with E-state index in [9.17, 15) is 9.36 Å². The first-order valence-corrected chi connectivity index (χ1v) is 4.98. The number of hydrogen-bond acceptors (Lipinski definition) is 4. The molecule has 1 heterocycles. The van der Waals surface area contributed by atoms with Gasteiger partial charge >= 0.3 is 7.60 Å². The van der Waals surface area contributed by atoms with Crippen molar-refractivity contribution in [3.63, 3.8) is 0 Å². The van der Waals surface area contributed by atoms with Crippen molar-refractivity contribution in [3.8, 4) is 0 Å². The fourth-order valence-electron chi connectivity index (χ4n) is 0.782. The van der Waals surface area contributed by atoms with E-state index < -0.39 is 13.1 Å². The van der Waals surface area contributed by atoms with Crippen LogP contribution < -0.4 is 0 Å². The molecule has 1 aliphatic rings. The molecule has 0 saturated carbocycles. The van der Waals surface area contributed by atoms with Crippen molar-refractivity contribution in [2.24, 2.45) is 0 Å². The summed E-state index contributed by atoms with van der Waals surface area (Å²) < 4.78 is 21.2. The lowest BCUT2D eigenvalue weighted by Crippen LogP contribution is -2.13. The van der Waals surface area contributed by atoms with Gasteiger partial charge in [0, 0.05) is 6.92 Å². The van der Waals surface area contributed by atoms with E-state index in [4.69, 9.17) is 9.05 Å². The van der Waals surface area contributed by atoms with Gasteiger partial charge in [-0.05, 0) is 13.8 Å². The Morgan fingerprint density at radius 2 is 1.64 bits per heavy atom. The normalized spacial score (nSPS) is 44.3. The van der Waals surface area contributed by atoms with Gasteiger partial charge in [-0.1, -0.05) is 0 Å². The van der Waals surface area contributed by atoms with Crippen molar-refractivity contribution in [1.29, 1.82) is 0 Å². The first kappa shape index (κ1) is 8.91. The maximum Gasteiger partial charge on any atom is 0.397 e. The van der Waals surface area contributed by atoms with Crippen LogP contribution in [0.1, 0.15) is 20.8 Å². The number of hydrogen-bond donors (Lipinski definition) is 0. The lowest BCUT2D eigenvalue weighted by Gasteiger charge is -2.03. The average molecular weight is 178 g/mol. The van der Waals surface area contributed by atoms with Crippen LogP contribution in [0.5, 0.6) is 0 Å². The molecule has 0 amide bonds. The van der Waals surface area contributed by atoms with Crippen LogP contribution in [-0.4, -0.2) is 17.7 Å². The first-order chi connectivity index (χ1) is 4.96. The number of carbonyl (C=O) groups is 1. The first-order valence-electron chi connectivity index (χ1n) is 3.43. The van der Waals surface area contributed by atoms with Crippen LogP contribution in [0.3, 0.4) is 0 Å². The highest BCUT2D eigenvalue weighted by Gasteiger charge is 2.43. The molecule has 1 rings (SSSR count). The third kappa shape index (κ3) is 1.53. The van der Waals surface area contributed by atoms with Crippen molar-refractivity contribution < 1.29 is 18.4 Å². The van der Waals surface area contributed by atoms with Crippen LogP contribution in [0.15, 0.2) is 0 Å². The molecule has 0 aromatic heterocycles. The Morgan fingerprint density at radius 1 is 1.27 bits per heavy atom. The molecule has 1 saturated heterocycles. The maximum atomic E-state index is 11.3. The van der Waals surface area contributed by atoms with Gasteiger partial charge in [0.1, 0.15) is 0 Å². The largest absolute Gasteiger partial charge is 0.397 e. The Hall–Kier alpha value is -0.180. The Kier molecular flexibility index (Phi) is 2.19. The van der Waals surface area contributed by atoms with E-state index in [0.717, 1.165) is 0 Å². The van der Waals surface area contributed by atoms with Crippen LogP contribution in [-0.2, 0) is 18.4 Å². The number of carbonyl (C=O) groups excluding carboxylic acids is 1. The summed E-state index contributed by atoms with van der Waals surface area (Å²) in [6, 6.07) is 0. The Morgan fingerprint density at radius 3 is 1.82 bits per heavy atom. The average Bonchev–Trinajstić information content (AvgIpc) is 2.09. The molecule has 0 aromatic rings. The zero-order valence-electron chi connectivity index (χ0n) is 6.73. The molecule has 1 aliphatic heterocycles. The molecule has 1 fully saturated rings. The van der Waals surface area contributed by atoms with Gasteiger partial charge in [-0.25, -0.2) is 0 Å². The molecule has 0 aromatic carbocycles. The fourth-order valence-corrected chi connectivity index (χ4v) is 2.35. The second-order valence-corrected chi connectivity index (χ2v) is 4.68. The topological polar surface area (TPSA) is 52.6 Å². The quantitative estimate of drug-likeness (QED) is 0.571. The van der Waals surface area contributed by atoms with E-state index in [1.54, 1.807) is 13.8 Å². The molecule has 11 heavy (non-hydrogen) atoms. The molecular formula is C6H11O4P. The zero-order chi connectivity index (χ0) is 8.65. The summed E-state index contributed by atoms with van der Waals surface area (Å²) in [7, 11) is -3.39. The molecule has 0 bridgehead atoms. The third-order valence-corrected chi connectivity index (χ3v) is 3.65. The highest BCUT2D eigenvalue weighted by Crippen LogP contribution is 2.56. The van der Waals surface area contributed by atoms with Gasteiger partial charge in [-0.2, -0.15) is 0 Å². The minimum atomic E-state index is -3.39. The minimum absolute atomic E-state index is 0.260. The van der Waals surface area contributed by atoms with Crippen molar-refractivity contribution >= 4 is 13.1 Å². The van der Waals surface area contributed by atoms with Gasteiger partial charge in [0.15, 0.2) is 0 Å². The summed E-state index contributed by atoms with van der Waals surface area (Å²) in [5, 5.41) is 0. The molecule has 0 N–H and O–H groups in total. The Bertz CT molecular complexity index is 211. The van der Waals surface area contributed by atoms with Crippen LogP contribution >= 0.6 is 7.60 Å². The minimum Gasteiger partial charge on any atom is -0.297 e. The molecular weight excluding hydrogens is 167 g/mol. The summed E-state index contributed by atoms with van der Waals surface area (Å²) >= 11 is 0. The van der Waals surface area contributed by atoms with Crippen LogP contribution in [0.4, 0.5) is 0 Å². The second kappa shape index (κ2) is 2.70. The van der Waals surface area contributed by atoms with Gasteiger partial charge in [0.05, 0.1) is 12.2 Å². The van der Waals surface area contributed by atoms with Crippen LogP contribution in [0.25, 0.3) is 0 Å². The van der Waals surface area contributed by atoms with Crippen molar-refractivity contribution in [2.45, 2.75) is 33.0 Å². The molecule has 0 radical (unpaired) electrons. The SMILES string of the molecule is CC(=O)P1(=O)OC(C)C(C)O1. The van der Waals surface area contributed by atoms with E-state index >= 15 is 0 Å². The van der Waals surface area contributed by atoms with E-state index in [0.29, 0.717) is 0 Å². The van der Waals surface area contributed by atoms with E-state index in [-0.39, 0.29) is 12.2 Å². The lowest BCUT2D eigenvalue weighted by molar-refractivity contribution is -0.111. The monoisotopic (exact) mass is 178 g/mol. The summed E-state index contributed by atoms with van der Waals surface area (Å²) in [6.07, 6.45) is -0.519. The highest BCUT2D eigenvalue weighted by molar-refractivity contribution is 7.71. The highest BCUT2D eigenvalue weighted by atomic mass is 31.2. The van der Waals surface area contributed by atoms with Gasteiger partial charge in [-0.3, -0.25) is 18.4 Å². The van der Waals surface area contributed by atoms with E-state index in [1.807, 2.05) is 0 Å². The van der Waals surface area contributed by atoms with Crippen molar-refractivity contribution in [1.82, 2.24) is 0 Å². The lowest BCUT2D eigenvalue weighted by atomic mass is 10.3. The summed E-state index contributed by atoms with van der Waals surface area (Å²) in [5.74, 6) is 0. The molecule has 64 valence electrons. The third-order valence-electron chi connectivity index (χ3n) is 1.66. The molecule has 2 atom stereocenters. The van der Waals surface area contributed by atoms with Crippen molar-refractivity contribution in [2.75, 3.05) is 0 Å². The van der Waals surface area contributed by atoms with Crippen molar-refractivity contribution in [3.05, 3.63) is 0 Å². The molecule has 2 unspecified atom stereocenters. The van der Waals surface area contributed by atoms with Crippen LogP contribution in [0, 0.1) is 0 Å². The molecule has 0 spiro atoms. The van der Waals surface area contributed by atoms with Gasteiger partial charge in [-0.15, -0.1) is 0 Å². The fraction of sp³-hybridized carbons (Fsp3) is 0.833. The summed E-state index contributed by atoms with van der Waals surface area (Å²) in [4.78, 5) is 10.7.